The molecule has 0 saturated heterocycles. The second-order valence-corrected chi connectivity index (χ2v) is 7.40. The van der Waals surface area contributed by atoms with Crippen molar-refractivity contribution in [2.24, 2.45) is 4.99 Å². The standard InChI is InChI=1S/C25H20F4N2O/c26-23-12-20(8-11-24(23)32-16-19-4-2-1-3-5-19)21-13-30-17-31(15-21)14-18-6-9-22(10-7-18)25(27,28)29/h1-13,15H,14,16-17H2. The van der Waals surface area contributed by atoms with Gasteiger partial charge >= 0.3 is 6.18 Å². The van der Waals surface area contributed by atoms with Gasteiger partial charge in [-0.2, -0.15) is 13.2 Å². The lowest BCUT2D eigenvalue weighted by Gasteiger charge is -2.23. The number of allylic oxidation sites excluding steroid dienone is 1. The van der Waals surface area contributed by atoms with Crippen LogP contribution in [0.25, 0.3) is 5.57 Å². The van der Waals surface area contributed by atoms with Crippen molar-refractivity contribution in [2.75, 3.05) is 6.67 Å². The minimum atomic E-state index is -4.36. The first-order valence-corrected chi connectivity index (χ1v) is 9.97. The van der Waals surface area contributed by atoms with E-state index in [1.807, 2.05) is 41.4 Å². The molecule has 0 spiro atoms. The lowest BCUT2D eigenvalue weighted by atomic mass is 10.1. The zero-order valence-corrected chi connectivity index (χ0v) is 17.0. The second kappa shape index (κ2) is 9.26. The summed E-state index contributed by atoms with van der Waals surface area (Å²) in [6.45, 7) is 1.02. The third-order valence-corrected chi connectivity index (χ3v) is 4.98. The largest absolute Gasteiger partial charge is 0.486 e. The van der Waals surface area contributed by atoms with Crippen LogP contribution in [0.3, 0.4) is 0 Å². The number of aliphatic imine (C=N–C) groups is 1. The summed E-state index contributed by atoms with van der Waals surface area (Å²) >= 11 is 0. The first-order valence-electron chi connectivity index (χ1n) is 9.97. The van der Waals surface area contributed by atoms with Crippen LogP contribution in [0.1, 0.15) is 22.3 Å². The molecule has 0 fully saturated rings. The molecular formula is C25H20F4N2O. The van der Waals surface area contributed by atoms with E-state index in [2.05, 4.69) is 4.99 Å². The Morgan fingerprint density at radius 3 is 2.34 bits per heavy atom. The predicted octanol–water partition coefficient (Wildman–Crippen LogP) is 6.31. The number of hydrogen-bond donors (Lipinski definition) is 0. The maximum atomic E-state index is 14.6. The van der Waals surface area contributed by atoms with Crippen LogP contribution in [0.2, 0.25) is 0 Å². The molecule has 1 aliphatic rings. The van der Waals surface area contributed by atoms with E-state index in [9.17, 15) is 17.6 Å². The molecule has 0 aromatic heterocycles. The minimum absolute atomic E-state index is 0.160. The van der Waals surface area contributed by atoms with Gasteiger partial charge in [-0.15, -0.1) is 0 Å². The van der Waals surface area contributed by atoms with Crippen LogP contribution in [0.15, 0.2) is 84.0 Å². The summed E-state index contributed by atoms with van der Waals surface area (Å²) in [5.41, 5.74) is 2.32. The number of rotatable bonds is 6. The summed E-state index contributed by atoms with van der Waals surface area (Å²) in [6.07, 6.45) is -0.880. The zero-order valence-electron chi connectivity index (χ0n) is 17.0. The monoisotopic (exact) mass is 440 g/mol. The SMILES string of the molecule is Fc1cc(C2=CN(Cc3ccc(C(F)(F)F)cc3)CN=C2)ccc1OCc1ccccc1. The van der Waals surface area contributed by atoms with Gasteiger partial charge in [0.1, 0.15) is 13.3 Å². The molecule has 0 amide bonds. The third kappa shape index (κ3) is 5.35. The van der Waals surface area contributed by atoms with Crippen LogP contribution in [0.5, 0.6) is 5.75 Å². The van der Waals surface area contributed by atoms with Crippen molar-refractivity contribution in [3.63, 3.8) is 0 Å². The molecule has 3 aromatic rings. The highest BCUT2D eigenvalue weighted by atomic mass is 19.4. The van der Waals surface area contributed by atoms with E-state index in [0.717, 1.165) is 23.3 Å². The molecule has 32 heavy (non-hydrogen) atoms. The van der Waals surface area contributed by atoms with Gasteiger partial charge in [-0.3, -0.25) is 4.99 Å². The first kappa shape index (κ1) is 21.6. The smallest absolute Gasteiger partial charge is 0.416 e. The van der Waals surface area contributed by atoms with Gasteiger partial charge in [0.15, 0.2) is 11.6 Å². The molecule has 3 nitrogen and oxygen atoms in total. The molecule has 0 unspecified atom stereocenters. The molecule has 3 aromatic carbocycles. The third-order valence-electron chi connectivity index (χ3n) is 4.98. The van der Waals surface area contributed by atoms with Crippen LogP contribution in [0.4, 0.5) is 17.6 Å². The molecule has 0 saturated carbocycles. The average molecular weight is 440 g/mol. The summed E-state index contributed by atoms with van der Waals surface area (Å²) in [6, 6.07) is 19.3. The topological polar surface area (TPSA) is 24.8 Å². The Hall–Kier alpha value is -3.61. The van der Waals surface area contributed by atoms with Crippen molar-refractivity contribution in [3.05, 3.63) is 107 Å². The molecule has 1 aliphatic heterocycles. The number of benzene rings is 3. The Morgan fingerprint density at radius 2 is 1.66 bits per heavy atom. The fourth-order valence-electron chi connectivity index (χ4n) is 3.33. The van der Waals surface area contributed by atoms with Crippen LogP contribution in [-0.4, -0.2) is 17.8 Å². The van der Waals surface area contributed by atoms with Crippen molar-refractivity contribution < 1.29 is 22.3 Å². The Balaban J connectivity index is 1.43. The number of alkyl halides is 3. The predicted molar refractivity (Wildman–Crippen MR) is 115 cm³/mol. The quantitative estimate of drug-likeness (QED) is 0.420. The molecule has 164 valence electrons. The van der Waals surface area contributed by atoms with E-state index in [-0.39, 0.29) is 12.4 Å². The van der Waals surface area contributed by atoms with E-state index in [4.69, 9.17) is 4.74 Å². The van der Waals surface area contributed by atoms with Crippen LogP contribution in [0, 0.1) is 5.82 Å². The van der Waals surface area contributed by atoms with Gasteiger partial charge in [0.2, 0.25) is 0 Å². The van der Waals surface area contributed by atoms with Gasteiger partial charge in [-0.05, 0) is 41.0 Å². The number of ether oxygens (including phenoxy) is 1. The van der Waals surface area contributed by atoms with E-state index in [1.54, 1.807) is 18.3 Å². The lowest BCUT2D eigenvalue weighted by Crippen LogP contribution is -2.20. The van der Waals surface area contributed by atoms with Crippen LogP contribution < -0.4 is 4.74 Å². The second-order valence-electron chi connectivity index (χ2n) is 7.40. The van der Waals surface area contributed by atoms with Gasteiger partial charge in [-0.1, -0.05) is 48.5 Å². The Bertz CT molecular complexity index is 1120. The fraction of sp³-hybridized carbons (Fsp3) is 0.160. The summed E-state index contributed by atoms with van der Waals surface area (Å²) in [4.78, 5) is 6.15. The van der Waals surface area contributed by atoms with Gasteiger partial charge < -0.3 is 9.64 Å². The van der Waals surface area contributed by atoms with Crippen LogP contribution >= 0.6 is 0 Å². The lowest BCUT2D eigenvalue weighted by molar-refractivity contribution is -0.137. The summed E-state index contributed by atoms with van der Waals surface area (Å²) < 4.78 is 58.4. The highest BCUT2D eigenvalue weighted by Crippen LogP contribution is 2.29. The molecule has 1 heterocycles. The molecule has 4 rings (SSSR count). The summed E-state index contributed by atoms with van der Waals surface area (Å²) in [5.74, 6) is -0.319. The molecule has 0 atom stereocenters. The van der Waals surface area contributed by atoms with E-state index in [0.29, 0.717) is 24.4 Å². The normalized spacial score (nSPS) is 13.8. The number of hydrogen-bond acceptors (Lipinski definition) is 3. The summed E-state index contributed by atoms with van der Waals surface area (Å²) in [7, 11) is 0. The van der Waals surface area contributed by atoms with Gasteiger partial charge in [0, 0.05) is 24.5 Å². The van der Waals surface area contributed by atoms with E-state index < -0.39 is 17.6 Å². The van der Waals surface area contributed by atoms with E-state index in [1.165, 1.54) is 18.2 Å². The Kier molecular flexibility index (Phi) is 6.25. The van der Waals surface area contributed by atoms with Crippen molar-refractivity contribution in [2.45, 2.75) is 19.3 Å². The van der Waals surface area contributed by atoms with Crippen molar-refractivity contribution >= 4 is 11.8 Å². The zero-order chi connectivity index (χ0) is 22.6. The average Bonchev–Trinajstić information content (AvgIpc) is 2.79. The van der Waals surface area contributed by atoms with Gasteiger partial charge in [-0.25, -0.2) is 4.39 Å². The van der Waals surface area contributed by atoms with Gasteiger partial charge in [0.25, 0.3) is 0 Å². The summed E-state index contributed by atoms with van der Waals surface area (Å²) in [5, 5.41) is 0. The molecule has 0 aliphatic carbocycles. The maximum absolute atomic E-state index is 14.6. The van der Waals surface area contributed by atoms with Crippen LogP contribution in [-0.2, 0) is 19.3 Å². The van der Waals surface area contributed by atoms with Crippen molar-refractivity contribution in [1.82, 2.24) is 4.90 Å². The molecule has 0 bridgehead atoms. The highest BCUT2D eigenvalue weighted by Gasteiger charge is 2.30. The molecule has 0 radical (unpaired) electrons. The number of halogens is 4. The Morgan fingerprint density at radius 1 is 0.906 bits per heavy atom. The van der Waals surface area contributed by atoms with E-state index >= 15 is 0 Å². The Labute approximate surface area is 183 Å². The minimum Gasteiger partial charge on any atom is -0.486 e. The first-order chi connectivity index (χ1) is 15.4. The molecule has 7 heteroatoms. The fourth-order valence-corrected chi connectivity index (χ4v) is 3.33. The highest BCUT2D eigenvalue weighted by molar-refractivity contribution is 6.10. The number of nitrogens with zero attached hydrogens (tertiary/aromatic N) is 2. The molecule has 0 N–H and O–H groups in total. The van der Waals surface area contributed by atoms with Crippen molar-refractivity contribution in [3.8, 4) is 5.75 Å². The van der Waals surface area contributed by atoms with Gasteiger partial charge in [0.05, 0.1) is 5.56 Å². The maximum Gasteiger partial charge on any atom is 0.416 e. The molecular weight excluding hydrogens is 420 g/mol. The van der Waals surface area contributed by atoms with Crippen molar-refractivity contribution in [1.29, 1.82) is 0 Å².